The van der Waals surface area contributed by atoms with E-state index < -0.39 is 17.3 Å². The van der Waals surface area contributed by atoms with E-state index >= 15 is 0 Å². The van der Waals surface area contributed by atoms with Crippen LogP contribution < -0.4 is 5.73 Å². The number of nitrogens with two attached hydrogens (primary N) is 1. The molecule has 2 rings (SSSR count). The van der Waals surface area contributed by atoms with E-state index in [0.29, 0.717) is 5.56 Å². The zero-order valence-electron chi connectivity index (χ0n) is 8.74. The molecular formula is C13H8F2N2. The number of benzene rings is 1. The predicted molar refractivity (Wildman–Crippen MR) is 61.0 cm³/mol. The maximum absolute atomic E-state index is 13.1. The lowest BCUT2D eigenvalue weighted by atomic mass is 10.2. The molecular weight excluding hydrogens is 222 g/mol. The van der Waals surface area contributed by atoms with Crippen LogP contribution in [0.2, 0.25) is 0 Å². The maximum Gasteiger partial charge on any atom is 0.150 e. The number of halogens is 2. The lowest BCUT2D eigenvalue weighted by Crippen LogP contribution is -1.96. The van der Waals surface area contributed by atoms with Gasteiger partial charge in [-0.25, -0.2) is 8.78 Å². The van der Waals surface area contributed by atoms with Crippen molar-refractivity contribution < 1.29 is 8.78 Å². The molecule has 0 spiro atoms. The molecule has 2 aromatic rings. The van der Waals surface area contributed by atoms with Crippen LogP contribution in [0.5, 0.6) is 0 Å². The van der Waals surface area contributed by atoms with E-state index in [1.54, 1.807) is 24.5 Å². The summed E-state index contributed by atoms with van der Waals surface area (Å²) in [5, 5.41) is 0. The van der Waals surface area contributed by atoms with Crippen molar-refractivity contribution in [3.8, 4) is 11.8 Å². The van der Waals surface area contributed by atoms with E-state index in [1.165, 1.54) is 0 Å². The van der Waals surface area contributed by atoms with Crippen LogP contribution in [0.25, 0.3) is 0 Å². The SMILES string of the molecule is Nc1c(F)cc(C#Cc2cccnc2)cc1F. The van der Waals surface area contributed by atoms with Crippen molar-refractivity contribution in [2.45, 2.75) is 0 Å². The summed E-state index contributed by atoms with van der Waals surface area (Å²) in [5.41, 5.74) is 5.57. The molecule has 2 N–H and O–H groups in total. The monoisotopic (exact) mass is 230 g/mol. The van der Waals surface area contributed by atoms with Crippen molar-refractivity contribution in [1.29, 1.82) is 0 Å². The first-order chi connectivity index (χ1) is 8.16. The minimum absolute atomic E-state index is 0.234. The van der Waals surface area contributed by atoms with Crippen LogP contribution in [0.4, 0.5) is 14.5 Å². The van der Waals surface area contributed by atoms with Crippen molar-refractivity contribution in [1.82, 2.24) is 4.98 Å². The first kappa shape index (κ1) is 11.1. The Hall–Kier alpha value is -2.41. The van der Waals surface area contributed by atoms with Gasteiger partial charge in [0.15, 0.2) is 0 Å². The minimum atomic E-state index is -0.805. The van der Waals surface area contributed by atoms with Gasteiger partial charge < -0.3 is 5.73 Å². The van der Waals surface area contributed by atoms with E-state index in [9.17, 15) is 8.78 Å². The molecule has 0 saturated heterocycles. The molecule has 0 atom stereocenters. The summed E-state index contributed by atoms with van der Waals surface area (Å²) in [7, 11) is 0. The van der Waals surface area contributed by atoms with Gasteiger partial charge in [-0.2, -0.15) is 0 Å². The Balaban J connectivity index is 2.35. The van der Waals surface area contributed by atoms with E-state index in [1.807, 2.05) is 0 Å². The molecule has 0 bridgehead atoms. The Bertz CT molecular complexity index is 575. The highest BCUT2D eigenvalue weighted by Gasteiger charge is 2.05. The fraction of sp³-hybridized carbons (Fsp3) is 0. The zero-order valence-corrected chi connectivity index (χ0v) is 8.74. The highest BCUT2D eigenvalue weighted by Crippen LogP contribution is 2.16. The molecule has 4 heteroatoms. The van der Waals surface area contributed by atoms with Gasteiger partial charge >= 0.3 is 0 Å². The van der Waals surface area contributed by atoms with E-state index in [2.05, 4.69) is 16.8 Å². The number of nitrogens with zero attached hydrogens (tertiary/aromatic N) is 1. The summed E-state index contributed by atoms with van der Waals surface area (Å²) in [5.74, 6) is 3.78. The standard InChI is InChI=1S/C13H8F2N2/c14-11-6-10(7-12(15)13(11)16)4-3-9-2-1-5-17-8-9/h1-2,5-8H,16H2. The summed E-state index contributed by atoms with van der Waals surface area (Å²) in [6, 6.07) is 5.68. The molecule has 0 aliphatic carbocycles. The molecule has 2 nitrogen and oxygen atoms in total. The lowest BCUT2D eigenvalue weighted by Gasteiger charge is -1.98. The van der Waals surface area contributed by atoms with Crippen LogP contribution >= 0.6 is 0 Å². The molecule has 1 heterocycles. The number of aromatic nitrogens is 1. The summed E-state index contributed by atoms with van der Waals surface area (Å²) >= 11 is 0. The van der Waals surface area contributed by atoms with E-state index in [4.69, 9.17) is 5.73 Å². The third-order valence-corrected chi connectivity index (χ3v) is 2.09. The van der Waals surface area contributed by atoms with Crippen LogP contribution in [-0.2, 0) is 0 Å². The second kappa shape index (κ2) is 4.62. The maximum atomic E-state index is 13.1. The third kappa shape index (κ3) is 2.58. The van der Waals surface area contributed by atoms with Crippen molar-refractivity contribution >= 4 is 5.69 Å². The molecule has 0 saturated carbocycles. The summed E-state index contributed by atoms with van der Waals surface area (Å²) < 4.78 is 26.2. The number of rotatable bonds is 0. The van der Waals surface area contributed by atoms with Gasteiger partial charge in [-0.3, -0.25) is 4.98 Å². The highest BCUT2D eigenvalue weighted by atomic mass is 19.1. The van der Waals surface area contributed by atoms with Crippen LogP contribution in [0.15, 0.2) is 36.7 Å². The minimum Gasteiger partial charge on any atom is -0.394 e. The van der Waals surface area contributed by atoms with Crippen molar-refractivity contribution in [3.63, 3.8) is 0 Å². The smallest absolute Gasteiger partial charge is 0.150 e. The molecule has 0 aliphatic heterocycles. The largest absolute Gasteiger partial charge is 0.394 e. The number of hydrogen-bond donors (Lipinski definition) is 1. The van der Waals surface area contributed by atoms with Gasteiger partial charge in [-0.05, 0) is 24.3 Å². The zero-order chi connectivity index (χ0) is 12.3. The van der Waals surface area contributed by atoms with Gasteiger partial charge in [0.1, 0.15) is 17.3 Å². The average Bonchev–Trinajstić information content (AvgIpc) is 2.34. The molecule has 84 valence electrons. The Morgan fingerprint density at radius 3 is 2.29 bits per heavy atom. The number of hydrogen-bond acceptors (Lipinski definition) is 2. The highest BCUT2D eigenvalue weighted by molar-refractivity contribution is 5.49. The Morgan fingerprint density at radius 1 is 1.06 bits per heavy atom. The number of pyridine rings is 1. The van der Waals surface area contributed by atoms with Crippen LogP contribution in [0.1, 0.15) is 11.1 Å². The Kier molecular flexibility index (Phi) is 3.01. The predicted octanol–water partition coefficient (Wildman–Crippen LogP) is 2.34. The molecule has 1 aromatic heterocycles. The van der Waals surface area contributed by atoms with Crippen molar-refractivity contribution in [2.75, 3.05) is 5.73 Å². The van der Waals surface area contributed by atoms with Gasteiger partial charge in [0, 0.05) is 23.5 Å². The Morgan fingerprint density at radius 2 is 1.71 bits per heavy atom. The quantitative estimate of drug-likeness (QED) is 0.557. The summed E-state index contributed by atoms with van der Waals surface area (Å²) in [6.07, 6.45) is 3.19. The van der Waals surface area contributed by atoms with Gasteiger partial charge in [-0.15, -0.1) is 0 Å². The summed E-state index contributed by atoms with van der Waals surface area (Å²) in [6.45, 7) is 0. The topological polar surface area (TPSA) is 38.9 Å². The van der Waals surface area contributed by atoms with E-state index in [-0.39, 0.29) is 5.56 Å². The molecule has 0 radical (unpaired) electrons. The first-order valence-electron chi connectivity index (χ1n) is 4.83. The van der Waals surface area contributed by atoms with Gasteiger partial charge in [0.05, 0.1) is 0 Å². The van der Waals surface area contributed by atoms with Crippen LogP contribution in [0.3, 0.4) is 0 Å². The second-order valence-electron chi connectivity index (χ2n) is 3.35. The average molecular weight is 230 g/mol. The molecule has 1 aromatic carbocycles. The van der Waals surface area contributed by atoms with Gasteiger partial charge in [-0.1, -0.05) is 11.8 Å². The first-order valence-corrected chi connectivity index (χ1v) is 4.83. The number of nitrogen functional groups attached to an aromatic ring is 1. The molecule has 17 heavy (non-hydrogen) atoms. The normalized spacial score (nSPS) is 9.53. The van der Waals surface area contributed by atoms with Crippen molar-refractivity contribution in [2.24, 2.45) is 0 Å². The van der Waals surface area contributed by atoms with Crippen molar-refractivity contribution in [3.05, 3.63) is 59.4 Å². The fourth-order valence-corrected chi connectivity index (χ4v) is 1.24. The molecule has 0 unspecified atom stereocenters. The third-order valence-electron chi connectivity index (χ3n) is 2.09. The van der Waals surface area contributed by atoms with E-state index in [0.717, 1.165) is 12.1 Å². The van der Waals surface area contributed by atoms with Gasteiger partial charge in [0.2, 0.25) is 0 Å². The fourth-order valence-electron chi connectivity index (χ4n) is 1.24. The summed E-state index contributed by atoms with van der Waals surface area (Å²) in [4.78, 5) is 3.88. The molecule has 0 fully saturated rings. The lowest BCUT2D eigenvalue weighted by molar-refractivity contribution is 0.591. The Labute approximate surface area is 97.1 Å². The van der Waals surface area contributed by atoms with Crippen LogP contribution in [-0.4, -0.2) is 4.98 Å². The second-order valence-corrected chi connectivity index (χ2v) is 3.35. The number of anilines is 1. The van der Waals surface area contributed by atoms with Crippen LogP contribution in [0, 0.1) is 23.5 Å². The molecule has 0 aliphatic rings. The molecule has 0 amide bonds. The van der Waals surface area contributed by atoms with Gasteiger partial charge in [0.25, 0.3) is 0 Å².